The Labute approximate surface area is 179 Å². The Morgan fingerprint density at radius 1 is 1.13 bits per heavy atom. The van der Waals surface area contributed by atoms with E-state index in [1.165, 1.54) is 11.8 Å². The molecule has 3 aromatic rings. The lowest BCUT2D eigenvalue weighted by molar-refractivity contribution is -0.134. The molecule has 1 fully saturated rings. The molecule has 154 valence electrons. The Hall–Kier alpha value is -2.97. The fourth-order valence-electron chi connectivity index (χ4n) is 3.33. The van der Waals surface area contributed by atoms with Crippen molar-refractivity contribution in [1.29, 1.82) is 0 Å². The van der Waals surface area contributed by atoms with Gasteiger partial charge in [0.15, 0.2) is 11.0 Å². The van der Waals surface area contributed by atoms with Crippen LogP contribution < -0.4 is 0 Å². The number of morpholine rings is 1. The Kier molecular flexibility index (Phi) is 6.56. The molecule has 1 aliphatic heterocycles. The van der Waals surface area contributed by atoms with Gasteiger partial charge in [0.1, 0.15) is 5.25 Å². The van der Waals surface area contributed by atoms with E-state index >= 15 is 0 Å². The molecule has 0 saturated carbocycles. The van der Waals surface area contributed by atoms with Crippen molar-refractivity contribution in [1.82, 2.24) is 24.6 Å². The number of thioether (sulfide) groups is 1. The number of rotatable bonds is 7. The molecule has 0 radical (unpaired) electrons. The van der Waals surface area contributed by atoms with Gasteiger partial charge in [0.25, 0.3) is 0 Å². The van der Waals surface area contributed by atoms with Crippen LogP contribution in [0.1, 0.15) is 10.8 Å². The van der Waals surface area contributed by atoms with Crippen molar-refractivity contribution in [3.05, 3.63) is 73.1 Å². The Bertz CT molecular complexity index is 987. The summed E-state index contributed by atoms with van der Waals surface area (Å²) in [5.74, 6) is 0.790. The van der Waals surface area contributed by atoms with E-state index in [1.807, 2.05) is 51.9 Å². The minimum atomic E-state index is -0.414. The predicted octanol–water partition coefficient (Wildman–Crippen LogP) is 3.22. The quantitative estimate of drug-likeness (QED) is 0.431. The highest BCUT2D eigenvalue weighted by molar-refractivity contribution is 8.00. The molecule has 1 atom stereocenters. The summed E-state index contributed by atoms with van der Waals surface area (Å²) in [5, 5.41) is 9.07. The lowest BCUT2D eigenvalue weighted by Crippen LogP contribution is -2.42. The topological polar surface area (TPSA) is 73.1 Å². The summed E-state index contributed by atoms with van der Waals surface area (Å²) in [6, 6.07) is 13.6. The normalized spacial score (nSPS) is 15.0. The average Bonchev–Trinajstić information content (AvgIpc) is 3.21. The van der Waals surface area contributed by atoms with Crippen molar-refractivity contribution in [3.63, 3.8) is 0 Å². The number of pyridine rings is 1. The molecule has 7 nitrogen and oxygen atoms in total. The number of carbonyl (C=O) groups is 1. The molecule has 1 saturated heterocycles. The zero-order valence-electron chi connectivity index (χ0n) is 16.6. The highest BCUT2D eigenvalue weighted by Gasteiger charge is 2.30. The van der Waals surface area contributed by atoms with Crippen molar-refractivity contribution in [2.75, 3.05) is 26.3 Å². The molecule has 1 aliphatic rings. The highest BCUT2D eigenvalue weighted by Crippen LogP contribution is 2.37. The number of hydrogen-bond donors (Lipinski definition) is 0. The molecule has 1 amide bonds. The van der Waals surface area contributed by atoms with E-state index in [4.69, 9.17) is 4.74 Å². The van der Waals surface area contributed by atoms with Crippen LogP contribution in [-0.4, -0.2) is 56.9 Å². The van der Waals surface area contributed by atoms with Crippen LogP contribution in [-0.2, 0) is 16.1 Å². The van der Waals surface area contributed by atoms with Crippen LogP contribution in [0, 0.1) is 0 Å². The van der Waals surface area contributed by atoms with Gasteiger partial charge in [-0.2, -0.15) is 0 Å². The Morgan fingerprint density at radius 3 is 2.57 bits per heavy atom. The van der Waals surface area contributed by atoms with E-state index in [-0.39, 0.29) is 5.91 Å². The predicted molar refractivity (Wildman–Crippen MR) is 116 cm³/mol. The van der Waals surface area contributed by atoms with Gasteiger partial charge in [-0.3, -0.25) is 14.3 Å². The first-order chi connectivity index (χ1) is 14.8. The molecule has 0 aliphatic carbocycles. The van der Waals surface area contributed by atoms with Gasteiger partial charge in [-0.1, -0.05) is 48.2 Å². The van der Waals surface area contributed by atoms with Crippen LogP contribution in [0.15, 0.2) is 72.7 Å². The molecule has 4 rings (SSSR count). The van der Waals surface area contributed by atoms with Crippen molar-refractivity contribution in [2.45, 2.75) is 17.0 Å². The van der Waals surface area contributed by atoms with Crippen molar-refractivity contribution >= 4 is 17.7 Å². The Morgan fingerprint density at radius 2 is 1.87 bits per heavy atom. The van der Waals surface area contributed by atoms with E-state index in [0.717, 1.165) is 17.0 Å². The molecular formula is C22H23N5O2S. The van der Waals surface area contributed by atoms with E-state index in [2.05, 4.69) is 21.8 Å². The van der Waals surface area contributed by atoms with Gasteiger partial charge >= 0.3 is 0 Å². The number of carbonyl (C=O) groups excluding carboxylic acids is 1. The molecule has 1 aromatic carbocycles. The van der Waals surface area contributed by atoms with E-state index in [9.17, 15) is 4.79 Å². The van der Waals surface area contributed by atoms with E-state index in [1.54, 1.807) is 18.5 Å². The fourth-order valence-corrected chi connectivity index (χ4v) is 4.46. The Balaban J connectivity index is 1.68. The summed E-state index contributed by atoms with van der Waals surface area (Å²) in [6.07, 6.45) is 5.26. The molecule has 0 unspecified atom stereocenters. The summed E-state index contributed by atoms with van der Waals surface area (Å²) in [7, 11) is 0. The number of allylic oxidation sites excluding steroid dienone is 1. The number of aromatic nitrogens is 4. The summed E-state index contributed by atoms with van der Waals surface area (Å²) in [4.78, 5) is 19.4. The van der Waals surface area contributed by atoms with Crippen LogP contribution in [0.3, 0.4) is 0 Å². The number of ether oxygens (including phenoxy) is 1. The zero-order valence-corrected chi connectivity index (χ0v) is 17.4. The van der Waals surface area contributed by atoms with Gasteiger partial charge in [-0.05, 0) is 17.7 Å². The van der Waals surface area contributed by atoms with Gasteiger partial charge in [0.05, 0.1) is 13.2 Å². The zero-order chi connectivity index (χ0) is 20.8. The molecule has 0 N–H and O–H groups in total. The SMILES string of the molecule is C=CCn1c(S[C@H](C(=O)N2CCOCC2)c2ccccc2)nnc1-c1ccncc1. The second kappa shape index (κ2) is 9.69. The lowest BCUT2D eigenvalue weighted by Gasteiger charge is -2.30. The molecule has 3 heterocycles. The fraction of sp³-hybridized carbons (Fsp3) is 0.273. The highest BCUT2D eigenvalue weighted by atomic mass is 32.2. The first-order valence-electron chi connectivity index (χ1n) is 9.80. The minimum Gasteiger partial charge on any atom is -0.378 e. The standard InChI is InChI=1S/C22H23N5O2S/c1-2-12-27-20(18-8-10-23-11-9-18)24-25-22(27)30-19(17-6-4-3-5-7-17)21(28)26-13-15-29-16-14-26/h2-11,19H,1,12-16H2/t19-/m0/s1. The van der Waals surface area contributed by atoms with Gasteiger partial charge in [-0.15, -0.1) is 16.8 Å². The molecule has 0 bridgehead atoms. The van der Waals surface area contributed by atoms with Gasteiger partial charge in [-0.25, -0.2) is 0 Å². The number of nitrogens with zero attached hydrogens (tertiary/aromatic N) is 5. The van der Waals surface area contributed by atoms with Gasteiger partial charge in [0.2, 0.25) is 5.91 Å². The van der Waals surface area contributed by atoms with Crippen LogP contribution in [0.5, 0.6) is 0 Å². The van der Waals surface area contributed by atoms with Crippen LogP contribution in [0.25, 0.3) is 11.4 Å². The molecule has 8 heteroatoms. The minimum absolute atomic E-state index is 0.0631. The first kappa shape index (κ1) is 20.3. The van der Waals surface area contributed by atoms with Crippen LogP contribution in [0.2, 0.25) is 0 Å². The van der Waals surface area contributed by atoms with Crippen molar-refractivity contribution in [2.24, 2.45) is 0 Å². The molecule has 0 spiro atoms. The number of benzene rings is 1. The third-order valence-corrected chi connectivity index (χ3v) is 6.06. The maximum Gasteiger partial charge on any atom is 0.240 e. The van der Waals surface area contributed by atoms with E-state index in [0.29, 0.717) is 38.0 Å². The monoisotopic (exact) mass is 421 g/mol. The molecular weight excluding hydrogens is 398 g/mol. The van der Waals surface area contributed by atoms with E-state index < -0.39 is 5.25 Å². The number of amides is 1. The number of hydrogen-bond acceptors (Lipinski definition) is 6. The maximum absolute atomic E-state index is 13.4. The second-order valence-electron chi connectivity index (χ2n) is 6.79. The summed E-state index contributed by atoms with van der Waals surface area (Å²) < 4.78 is 7.40. The summed E-state index contributed by atoms with van der Waals surface area (Å²) >= 11 is 1.42. The summed E-state index contributed by atoms with van der Waals surface area (Å²) in [5.41, 5.74) is 1.86. The van der Waals surface area contributed by atoms with Crippen molar-refractivity contribution in [3.8, 4) is 11.4 Å². The maximum atomic E-state index is 13.4. The van der Waals surface area contributed by atoms with Gasteiger partial charge in [0, 0.05) is 37.6 Å². The lowest BCUT2D eigenvalue weighted by atomic mass is 10.1. The smallest absolute Gasteiger partial charge is 0.240 e. The van der Waals surface area contributed by atoms with Gasteiger partial charge < -0.3 is 9.64 Å². The third-order valence-electron chi connectivity index (χ3n) is 4.84. The average molecular weight is 422 g/mol. The third kappa shape index (κ3) is 4.44. The largest absolute Gasteiger partial charge is 0.378 e. The molecule has 30 heavy (non-hydrogen) atoms. The first-order valence-corrected chi connectivity index (χ1v) is 10.7. The van der Waals surface area contributed by atoms with Crippen molar-refractivity contribution < 1.29 is 9.53 Å². The second-order valence-corrected chi connectivity index (χ2v) is 7.86. The summed E-state index contributed by atoms with van der Waals surface area (Å²) in [6.45, 7) is 6.75. The molecule has 2 aromatic heterocycles. The van der Waals surface area contributed by atoms with Crippen LogP contribution >= 0.6 is 11.8 Å². The van der Waals surface area contributed by atoms with Crippen LogP contribution in [0.4, 0.5) is 0 Å².